The van der Waals surface area contributed by atoms with Gasteiger partial charge in [0.15, 0.2) is 11.6 Å². The first-order chi connectivity index (χ1) is 7.09. The van der Waals surface area contributed by atoms with Crippen LogP contribution in [0.3, 0.4) is 0 Å². The van der Waals surface area contributed by atoms with Crippen LogP contribution in [0.4, 0.5) is 5.82 Å². The lowest BCUT2D eigenvalue weighted by Crippen LogP contribution is -1.99. The predicted octanol–water partition coefficient (Wildman–Crippen LogP) is 3.15. The molecule has 6 heteroatoms. The number of nitrogens with zero attached hydrogens (tertiary/aromatic N) is 2. The van der Waals surface area contributed by atoms with Crippen molar-refractivity contribution in [2.75, 3.05) is 5.73 Å². The van der Waals surface area contributed by atoms with Crippen molar-refractivity contribution in [3.05, 3.63) is 27.0 Å². The van der Waals surface area contributed by atoms with Gasteiger partial charge in [-0.3, -0.25) is 0 Å². The molecule has 2 N–H and O–H groups in total. The van der Waals surface area contributed by atoms with Crippen LogP contribution in [0.15, 0.2) is 25.7 Å². The maximum Gasteiger partial charge on any atom is 0.199 e. The standard InChI is InChI=1S/C9H7Br2N3O/c1-4-6(11)8(12)14-9(13-4)7-5(10)2-3-15-7/h2-3H,1H3,(H2,12,13,14). The van der Waals surface area contributed by atoms with E-state index in [1.165, 1.54) is 0 Å². The summed E-state index contributed by atoms with van der Waals surface area (Å²) in [5.74, 6) is 1.46. The van der Waals surface area contributed by atoms with Gasteiger partial charge >= 0.3 is 0 Å². The average molecular weight is 333 g/mol. The molecule has 2 aromatic rings. The Morgan fingerprint density at radius 1 is 1.33 bits per heavy atom. The SMILES string of the molecule is Cc1nc(-c2occc2Br)nc(N)c1Br. The molecule has 0 saturated carbocycles. The summed E-state index contributed by atoms with van der Waals surface area (Å²) in [6, 6.07) is 1.78. The van der Waals surface area contributed by atoms with E-state index in [0.29, 0.717) is 21.9 Å². The van der Waals surface area contributed by atoms with Crippen molar-refractivity contribution in [2.24, 2.45) is 0 Å². The second-order valence-electron chi connectivity index (χ2n) is 2.93. The number of hydrogen-bond donors (Lipinski definition) is 1. The van der Waals surface area contributed by atoms with E-state index < -0.39 is 0 Å². The Balaban J connectivity index is 2.60. The summed E-state index contributed by atoms with van der Waals surface area (Å²) in [6.45, 7) is 1.85. The molecule has 0 saturated heterocycles. The van der Waals surface area contributed by atoms with E-state index in [2.05, 4.69) is 41.8 Å². The van der Waals surface area contributed by atoms with Crippen LogP contribution in [0.2, 0.25) is 0 Å². The third kappa shape index (κ3) is 1.91. The van der Waals surface area contributed by atoms with Gasteiger partial charge in [0, 0.05) is 0 Å². The fourth-order valence-corrected chi connectivity index (χ4v) is 1.69. The van der Waals surface area contributed by atoms with Crippen LogP contribution >= 0.6 is 31.9 Å². The molecule has 0 fully saturated rings. The van der Waals surface area contributed by atoms with Gasteiger partial charge in [-0.15, -0.1) is 0 Å². The summed E-state index contributed by atoms with van der Waals surface area (Å²) in [5, 5.41) is 0. The summed E-state index contributed by atoms with van der Waals surface area (Å²) in [7, 11) is 0. The second kappa shape index (κ2) is 3.94. The van der Waals surface area contributed by atoms with Crippen LogP contribution in [-0.2, 0) is 0 Å². The topological polar surface area (TPSA) is 64.9 Å². The van der Waals surface area contributed by atoms with Crippen LogP contribution < -0.4 is 5.73 Å². The summed E-state index contributed by atoms with van der Waals surface area (Å²) in [4.78, 5) is 8.41. The van der Waals surface area contributed by atoms with Gasteiger partial charge < -0.3 is 10.2 Å². The van der Waals surface area contributed by atoms with E-state index in [1.807, 2.05) is 6.92 Å². The van der Waals surface area contributed by atoms with E-state index in [4.69, 9.17) is 10.2 Å². The van der Waals surface area contributed by atoms with Crippen molar-refractivity contribution in [3.8, 4) is 11.6 Å². The van der Waals surface area contributed by atoms with Crippen LogP contribution in [0.5, 0.6) is 0 Å². The molecule has 0 aliphatic carbocycles. The number of anilines is 1. The first-order valence-corrected chi connectivity index (χ1v) is 5.71. The van der Waals surface area contributed by atoms with Gasteiger partial charge in [-0.05, 0) is 44.8 Å². The van der Waals surface area contributed by atoms with Gasteiger partial charge in [-0.2, -0.15) is 0 Å². The molecule has 15 heavy (non-hydrogen) atoms. The lowest BCUT2D eigenvalue weighted by molar-refractivity contribution is 0.576. The molecule has 0 aliphatic heterocycles. The molecule has 2 heterocycles. The van der Waals surface area contributed by atoms with Gasteiger partial charge in [-0.25, -0.2) is 9.97 Å². The van der Waals surface area contributed by atoms with Crippen molar-refractivity contribution in [3.63, 3.8) is 0 Å². The number of halogens is 2. The van der Waals surface area contributed by atoms with Crippen LogP contribution in [0, 0.1) is 6.92 Å². The number of aryl methyl sites for hydroxylation is 1. The zero-order valence-electron chi connectivity index (χ0n) is 7.79. The summed E-state index contributed by atoms with van der Waals surface area (Å²) >= 11 is 6.65. The Morgan fingerprint density at radius 2 is 2.07 bits per heavy atom. The number of nitrogens with two attached hydrogens (primary N) is 1. The zero-order valence-corrected chi connectivity index (χ0v) is 11.0. The molecular formula is C9H7Br2N3O. The highest BCUT2D eigenvalue weighted by molar-refractivity contribution is 9.11. The Morgan fingerprint density at radius 3 is 2.60 bits per heavy atom. The third-order valence-electron chi connectivity index (χ3n) is 1.86. The lowest BCUT2D eigenvalue weighted by atomic mass is 10.3. The van der Waals surface area contributed by atoms with Gasteiger partial charge in [-0.1, -0.05) is 0 Å². The van der Waals surface area contributed by atoms with Gasteiger partial charge in [0.2, 0.25) is 0 Å². The normalized spacial score (nSPS) is 10.6. The summed E-state index contributed by atoms with van der Waals surface area (Å²) < 4.78 is 6.78. The number of nitrogen functional groups attached to an aromatic ring is 1. The van der Waals surface area contributed by atoms with E-state index in [1.54, 1.807) is 12.3 Å². The van der Waals surface area contributed by atoms with Gasteiger partial charge in [0.1, 0.15) is 5.82 Å². The largest absolute Gasteiger partial charge is 0.460 e. The Labute approximate surface area is 103 Å². The molecule has 2 aromatic heterocycles. The van der Waals surface area contributed by atoms with E-state index in [9.17, 15) is 0 Å². The minimum absolute atomic E-state index is 0.404. The van der Waals surface area contributed by atoms with Crippen molar-refractivity contribution < 1.29 is 4.42 Å². The quantitative estimate of drug-likeness (QED) is 0.871. The van der Waals surface area contributed by atoms with E-state index >= 15 is 0 Å². The molecule has 4 nitrogen and oxygen atoms in total. The fraction of sp³-hybridized carbons (Fsp3) is 0.111. The molecule has 0 radical (unpaired) electrons. The minimum atomic E-state index is 0.404. The molecule has 0 amide bonds. The Hall–Kier alpha value is -0.880. The second-order valence-corrected chi connectivity index (χ2v) is 4.58. The van der Waals surface area contributed by atoms with Crippen LogP contribution in [0.25, 0.3) is 11.6 Å². The molecule has 0 bridgehead atoms. The van der Waals surface area contributed by atoms with E-state index in [-0.39, 0.29) is 0 Å². The maximum atomic E-state index is 5.72. The monoisotopic (exact) mass is 331 g/mol. The smallest absolute Gasteiger partial charge is 0.199 e. The molecule has 78 valence electrons. The fourth-order valence-electron chi connectivity index (χ4n) is 1.14. The number of hydrogen-bond acceptors (Lipinski definition) is 4. The number of furan rings is 1. The average Bonchev–Trinajstić information content (AvgIpc) is 2.60. The molecule has 0 unspecified atom stereocenters. The van der Waals surface area contributed by atoms with Crippen molar-refractivity contribution in [1.82, 2.24) is 9.97 Å². The van der Waals surface area contributed by atoms with E-state index in [0.717, 1.165) is 10.2 Å². The molecule has 0 atom stereocenters. The van der Waals surface area contributed by atoms with Crippen LogP contribution in [0.1, 0.15) is 5.69 Å². The number of aromatic nitrogens is 2. The minimum Gasteiger partial charge on any atom is -0.460 e. The maximum absolute atomic E-state index is 5.72. The lowest BCUT2D eigenvalue weighted by Gasteiger charge is -2.03. The van der Waals surface area contributed by atoms with Gasteiger partial charge in [0.05, 0.1) is 20.9 Å². The molecule has 0 aliphatic rings. The van der Waals surface area contributed by atoms with Crippen LogP contribution in [-0.4, -0.2) is 9.97 Å². The third-order valence-corrected chi connectivity index (χ3v) is 3.47. The zero-order chi connectivity index (χ0) is 11.0. The van der Waals surface area contributed by atoms with Crippen molar-refractivity contribution >= 4 is 37.7 Å². The Kier molecular flexibility index (Phi) is 2.79. The molecule has 0 spiro atoms. The van der Waals surface area contributed by atoms with Crippen molar-refractivity contribution in [1.29, 1.82) is 0 Å². The predicted molar refractivity (Wildman–Crippen MR) is 64.3 cm³/mol. The number of rotatable bonds is 1. The molecular weight excluding hydrogens is 326 g/mol. The highest BCUT2D eigenvalue weighted by Crippen LogP contribution is 2.29. The molecule has 0 aromatic carbocycles. The first kappa shape index (κ1) is 10.6. The first-order valence-electron chi connectivity index (χ1n) is 4.12. The molecule has 2 rings (SSSR count). The summed E-state index contributed by atoms with van der Waals surface area (Å²) in [5.41, 5.74) is 6.50. The summed E-state index contributed by atoms with van der Waals surface area (Å²) in [6.07, 6.45) is 1.57. The highest BCUT2D eigenvalue weighted by Gasteiger charge is 2.13. The van der Waals surface area contributed by atoms with Crippen molar-refractivity contribution in [2.45, 2.75) is 6.92 Å². The van der Waals surface area contributed by atoms with Gasteiger partial charge in [0.25, 0.3) is 0 Å². The highest BCUT2D eigenvalue weighted by atomic mass is 79.9. The Bertz CT molecular complexity index is 487.